The lowest BCUT2D eigenvalue weighted by atomic mass is 9.44. The van der Waals surface area contributed by atoms with Crippen molar-refractivity contribution in [2.45, 2.75) is 116 Å². The fourth-order valence-corrected chi connectivity index (χ4v) is 11.7. The Hall–Kier alpha value is -4.85. The summed E-state index contributed by atoms with van der Waals surface area (Å²) in [5, 5.41) is 12.1. The molecule has 14 nitrogen and oxygen atoms in total. The second-order valence-electron chi connectivity index (χ2n) is 18.9. The minimum Gasteiger partial charge on any atom is -0.482 e. The molecule has 3 aliphatic carbocycles. The first-order chi connectivity index (χ1) is 29.3. The van der Waals surface area contributed by atoms with E-state index in [-0.39, 0.29) is 54.2 Å². The molecule has 62 heavy (non-hydrogen) atoms. The van der Waals surface area contributed by atoms with Crippen molar-refractivity contribution in [1.82, 2.24) is 14.9 Å². The number of aliphatic hydroxyl groups is 1. The van der Waals surface area contributed by atoms with Crippen LogP contribution in [0.1, 0.15) is 104 Å². The Kier molecular flexibility index (Phi) is 10.00. The number of hydrogen-bond acceptors (Lipinski definition) is 10. The molecule has 5 heterocycles. The largest absolute Gasteiger partial charge is 0.524 e. The van der Waals surface area contributed by atoms with Gasteiger partial charge in [-0.2, -0.15) is 0 Å². The quantitative estimate of drug-likeness (QED) is 0.0798. The number of carbonyl (C=O) groups excluding carboxylic acids is 2. The number of amides is 1. The number of para-hydroxylation sites is 2. The lowest BCUT2D eigenvalue weighted by molar-refractivity contribution is -0.206. The molecule has 15 heteroatoms. The van der Waals surface area contributed by atoms with Gasteiger partial charge < -0.3 is 33.7 Å². The molecule has 1 amide bonds. The summed E-state index contributed by atoms with van der Waals surface area (Å²) in [4.78, 5) is 60.6. The number of aliphatic imine (C=N–C) groups is 1. The summed E-state index contributed by atoms with van der Waals surface area (Å²) in [6.07, 6.45) is 11.7. The second kappa shape index (κ2) is 14.6. The zero-order valence-electron chi connectivity index (χ0n) is 36.4. The van der Waals surface area contributed by atoms with E-state index < -0.39 is 48.1 Å². The van der Waals surface area contributed by atoms with Crippen LogP contribution in [0.5, 0.6) is 17.2 Å². The zero-order valence-corrected chi connectivity index (χ0v) is 37.3. The lowest BCUT2D eigenvalue weighted by Gasteiger charge is -2.64. The third-order valence-electron chi connectivity index (χ3n) is 13.8. The fourth-order valence-electron chi connectivity index (χ4n) is 11.3. The van der Waals surface area contributed by atoms with Gasteiger partial charge in [-0.15, -0.1) is 0 Å². The summed E-state index contributed by atoms with van der Waals surface area (Å²) in [5.74, 6) is -1.43. The first-order valence-electron chi connectivity index (χ1n) is 21.4. The summed E-state index contributed by atoms with van der Waals surface area (Å²) in [6, 6.07) is 7.09. The van der Waals surface area contributed by atoms with Gasteiger partial charge in [0.05, 0.1) is 52.0 Å². The molecule has 4 bridgehead atoms. The topological polar surface area (TPSA) is 191 Å². The van der Waals surface area contributed by atoms with Crippen LogP contribution < -0.4 is 19.3 Å². The van der Waals surface area contributed by atoms with Gasteiger partial charge in [0.1, 0.15) is 17.1 Å². The van der Waals surface area contributed by atoms with Crippen LogP contribution in [0.25, 0.3) is 17.1 Å². The number of fused-ring (bicyclic) bond motifs is 6. The third-order valence-corrected chi connectivity index (χ3v) is 14.2. The van der Waals surface area contributed by atoms with Gasteiger partial charge in [0, 0.05) is 35.9 Å². The Morgan fingerprint density at radius 2 is 1.79 bits per heavy atom. The van der Waals surface area contributed by atoms with Gasteiger partial charge in [-0.1, -0.05) is 41.5 Å². The maximum atomic E-state index is 15.7. The average Bonchev–Trinajstić information content (AvgIpc) is 3.63. The molecule has 4 aliphatic heterocycles. The first-order valence-corrected chi connectivity index (χ1v) is 23.0. The molecule has 3 saturated carbocycles. The highest BCUT2D eigenvalue weighted by molar-refractivity contribution is 7.46. The number of ketones is 1. The van der Waals surface area contributed by atoms with Gasteiger partial charge in [-0.05, 0) is 105 Å². The molecule has 1 spiro atoms. The molecular weight excluding hydrogens is 812 g/mol. The van der Waals surface area contributed by atoms with E-state index in [1.807, 2.05) is 95.5 Å². The number of nitrogens with zero attached hydrogens (tertiary/aromatic N) is 3. The van der Waals surface area contributed by atoms with Gasteiger partial charge >= 0.3 is 7.82 Å². The third kappa shape index (κ3) is 6.31. The monoisotopic (exact) mass is 866 g/mol. The molecule has 2 aromatic carbocycles. The molecule has 1 aromatic heterocycles. The summed E-state index contributed by atoms with van der Waals surface area (Å²) in [6.45, 7) is 15.5. The van der Waals surface area contributed by atoms with Gasteiger partial charge in [0.15, 0.2) is 22.7 Å². The maximum Gasteiger partial charge on any atom is 0.524 e. The summed E-state index contributed by atoms with van der Waals surface area (Å²) in [5.41, 5.74) is 0.854. The predicted octanol–water partition coefficient (Wildman–Crippen LogP) is 7.56. The van der Waals surface area contributed by atoms with E-state index in [0.717, 1.165) is 17.5 Å². The Labute approximate surface area is 361 Å². The van der Waals surface area contributed by atoms with Gasteiger partial charge in [-0.25, -0.2) is 14.5 Å². The number of carbonyl (C=O) groups is 2. The SMILES string of the molecule is CC(C)=CCCC1(C)C=Cc2c(c(CC=C(C)C)c3c(c2OP(=O)(O)O)C2=Nc4nc5ccccc5n4C4C5CC6C(C)(C)OC(CC=C(C)C(=O)NCCO)(C5=O)C6(O3)C24)O1. The number of nitrogens with one attached hydrogen (secondary N) is 1. The van der Waals surface area contributed by atoms with E-state index in [4.69, 9.17) is 28.7 Å². The van der Waals surface area contributed by atoms with Crippen molar-refractivity contribution < 1.29 is 47.8 Å². The number of phosphoric acid groups is 1. The van der Waals surface area contributed by atoms with Crippen molar-refractivity contribution in [1.29, 1.82) is 0 Å². The Balaban J connectivity index is 1.37. The van der Waals surface area contributed by atoms with Crippen LogP contribution in [-0.2, 0) is 25.3 Å². The average molecular weight is 867 g/mol. The molecule has 7 aliphatic rings. The highest BCUT2D eigenvalue weighted by Crippen LogP contribution is 2.74. The van der Waals surface area contributed by atoms with E-state index in [9.17, 15) is 24.3 Å². The number of hydrogen-bond donors (Lipinski definition) is 4. The van der Waals surface area contributed by atoms with Crippen molar-refractivity contribution in [2.75, 3.05) is 13.2 Å². The first kappa shape index (κ1) is 42.5. The smallest absolute Gasteiger partial charge is 0.482 e. The molecule has 0 radical (unpaired) electrons. The molecule has 4 fully saturated rings. The van der Waals surface area contributed by atoms with Gasteiger partial charge in [-0.3, -0.25) is 19.4 Å². The van der Waals surface area contributed by atoms with Crippen molar-refractivity contribution >= 4 is 48.3 Å². The van der Waals surface area contributed by atoms with Gasteiger partial charge in [0.2, 0.25) is 11.9 Å². The van der Waals surface area contributed by atoms with Crippen LogP contribution in [0.2, 0.25) is 0 Å². The molecule has 7 atom stereocenters. The lowest BCUT2D eigenvalue weighted by Crippen LogP contribution is -2.79. The van der Waals surface area contributed by atoms with Crippen LogP contribution in [0.3, 0.4) is 0 Å². The summed E-state index contributed by atoms with van der Waals surface area (Å²) < 4.78 is 42.9. The molecule has 1 saturated heterocycles. The molecule has 10 rings (SSSR count). The minimum atomic E-state index is -5.24. The van der Waals surface area contributed by atoms with Crippen LogP contribution in [0, 0.1) is 17.8 Å². The number of aromatic nitrogens is 2. The Morgan fingerprint density at radius 1 is 1.05 bits per heavy atom. The second-order valence-corrected chi connectivity index (χ2v) is 20.0. The number of allylic oxidation sites excluding steroid dienone is 4. The number of aliphatic hydroxyl groups excluding tert-OH is 1. The summed E-state index contributed by atoms with van der Waals surface area (Å²) >= 11 is 0. The Morgan fingerprint density at radius 3 is 2.50 bits per heavy atom. The van der Waals surface area contributed by atoms with Crippen LogP contribution in [-0.4, -0.2) is 77.4 Å². The maximum absolute atomic E-state index is 15.7. The molecular formula is C47H55N4O10P. The standard InChI is InChI=1S/C47H55N4O10P/c1-25(2)12-11-19-45(8)20-18-29-38(58-45)28(16-15-26(3)4)39-34(40(29)60-62(55,56)57)36-35-37(51-32-14-10-9-13-31(32)49-43(51)50-36)30-24-33-44(6,7)61-46(41(30)53,47(33,35)59-39)21-17-27(5)42(54)48-22-23-52/h9-10,12-15,17-18,20,30,33,35,37,52H,11,16,19,21-24H2,1-8H3,(H,48,54)(H2,55,56,57). The number of imidazole rings is 1. The zero-order chi connectivity index (χ0) is 44.3. The van der Waals surface area contributed by atoms with E-state index in [1.54, 1.807) is 13.0 Å². The van der Waals surface area contributed by atoms with E-state index in [0.29, 0.717) is 58.9 Å². The van der Waals surface area contributed by atoms with Crippen molar-refractivity contribution in [3.05, 3.63) is 82.0 Å². The minimum absolute atomic E-state index is 0.00817. The molecule has 4 N–H and O–H groups in total. The van der Waals surface area contributed by atoms with Crippen LogP contribution in [0.15, 0.2) is 70.3 Å². The number of benzene rings is 2. The highest BCUT2D eigenvalue weighted by atomic mass is 31.2. The van der Waals surface area contributed by atoms with E-state index in [2.05, 4.69) is 11.4 Å². The number of Topliss-reactive ketones (excluding diaryl/α,β-unsaturated/α-hetero) is 1. The van der Waals surface area contributed by atoms with Crippen LogP contribution in [0.4, 0.5) is 5.95 Å². The number of phosphoric ester groups is 1. The van der Waals surface area contributed by atoms with Crippen LogP contribution >= 0.6 is 7.82 Å². The molecule has 328 valence electrons. The van der Waals surface area contributed by atoms with E-state index >= 15 is 4.79 Å². The van der Waals surface area contributed by atoms with Crippen molar-refractivity contribution in [3.8, 4) is 17.2 Å². The van der Waals surface area contributed by atoms with Gasteiger partial charge in [0.25, 0.3) is 0 Å². The molecule has 3 aromatic rings. The Bertz CT molecular complexity index is 2640. The number of rotatable bonds is 12. The van der Waals surface area contributed by atoms with Crippen molar-refractivity contribution in [2.24, 2.45) is 22.7 Å². The normalized spacial score (nSPS) is 29.4. The van der Waals surface area contributed by atoms with Crippen molar-refractivity contribution in [3.63, 3.8) is 0 Å². The molecule has 7 unspecified atom stereocenters. The summed E-state index contributed by atoms with van der Waals surface area (Å²) in [7, 11) is -5.24. The predicted molar refractivity (Wildman–Crippen MR) is 234 cm³/mol. The fraction of sp³-hybridized carbons (Fsp3) is 0.489. The highest BCUT2D eigenvalue weighted by Gasteiger charge is 2.85. The number of ether oxygens (including phenoxy) is 3. The van der Waals surface area contributed by atoms with E-state index in [1.165, 1.54) is 5.57 Å².